The van der Waals surface area contributed by atoms with E-state index < -0.39 is 0 Å². The second-order valence-electron chi connectivity index (χ2n) is 5.06. The van der Waals surface area contributed by atoms with Gasteiger partial charge in [-0.05, 0) is 18.4 Å². The van der Waals surface area contributed by atoms with Crippen LogP contribution in [-0.4, -0.2) is 23.0 Å². The zero-order valence-electron chi connectivity index (χ0n) is 9.49. The Morgan fingerprint density at radius 2 is 2.40 bits per heavy atom. The first-order valence-corrected chi connectivity index (χ1v) is 6.33. The smallest absolute Gasteiger partial charge is 0.106 e. The van der Waals surface area contributed by atoms with Gasteiger partial charge in [-0.25, -0.2) is 4.98 Å². The summed E-state index contributed by atoms with van der Waals surface area (Å²) in [6, 6.07) is 0. The van der Waals surface area contributed by atoms with Crippen LogP contribution < -0.4 is 5.73 Å². The van der Waals surface area contributed by atoms with Gasteiger partial charge in [-0.2, -0.15) is 0 Å². The molecule has 0 saturated carbocycles. The molecule has 0 unspecified atom stereocenters. The zero-order chi connectivity index (χ0) is 10.9. The van der Waals surface area contributed by atoms with Gasteiger partial charge in [0.05, 0.1) is 5.69 Å². The minimum Gasteiger partial charge on any atom is -0.325 e. The second kappa shape index (κ2) is 4.20. The van der Waals surface area contributed by atoms with Crippen molar-refractivity contribution in [3.63, 3.8) is 0 Å². The fourth-order valence-electron chi connectivity index (χ4n) is 2.10. The highest BCUT2D eigenvalue weighted by molar-refractivity contribution is 7.09. The Balaban J connectivity index is 1.92. The van der Waals surface area contributed by atoms with Crippen molar-refractivity contribution in [2.75, 3.05) is 13.1 Å². The third-order valence-corrected chi connectivity index (χ3v) is 3.84. The summed E-state index contributed by atoms with van der Waals surface area (Å²) < 4.78 is 0. The van der Waals surface area contributed by atoms with Crippen molar-refractivity contribution < 1.29 is 0 Å². The maximum absolute atomic E-state index is 5.55. The molecule has 15 heavy (non-hydrogen) atoms. The number of rotatable bonds is 3. The lowest BCUT2D eigenvalue weighted by Gasteiger charge is -2.18. The Labute approximate surface area is 95.3 Å². The van der Waals surface area contributed by atoms with Gasteiger partial charge in [-0.3, -0.25) is 4.90 Å². The molecular weight excluding hydrogens is 206 g/mol. The highest BCUT2D eigenvalue weighted by Crippen LogP contribution is 2.29. The molecule has 1 aliphatic rings. The Morgan fingerprint density at radius 3 is 2.93 bits per heavy atom. The first kappa shape index (κ1) is 11.0. The summed E-state index contributed by atoms with van der Waals surface area (Å²) in [5.74, 6) is 0. The van der Waals surface area contributed by atoms with E-state index in [4.69, 9.17) is 5.73 Å². The van der Waals surface area contributed by atoms with E-state index >= 15 is 0 Å². The molecule has 0 spiro atoms. The van der Waals surface area contributed by atoms with E-state index in [1.165, 1.54) is 25.2 Å². The van der Waals surface area contributed by atoms with Gasteiger partial charge in [0.25, 0.3) is 0 Å². The normalized spacial score (nSPS) is 21.0. The van der Waals surface area contributed by atoms with Gasteiger partial charge in [-0.15, -0.1) is 11.3 Å². The number of hydrogen-bond acceptors (Lipinski definition) is 4. The molecule has 0 amide bonds. The summed E-state index contributed by atoms with van der Waals surface area (Å²) in [6.07, 6.45) is 1.29. The van der Waals surface area contributed by atoms with Gasteiger partial charge >= 0.3 is 0 Å². The Kier molecular flexibility index (Phi) is 3.09. The van der Waals surface area contributed by atoms with Gasteiger partial charge < -0.3 is 5.73 Å². The maximum atomic E-state index is 5.55. The summed E-state index contributed by atoms with van der Waals surface area (Å²) in [5, 5.41) is 3.18. The quantitative estimate of drug-likeness (QED) is 0.853. The van der Waals surface area contributed by atoms with Crippen molar-refractivity contribution in [1.29, 1.82) is 0 Å². The van der Waals surface area contributed by atoms with Crippen LogP contribution in [0.3, 0.4) is 0 Å². The molecule has 1 aliphatic heterocycles. The molecule has 3 nitrogen and oxygen atoms in total. The first-order valence-electron chi connectivity index (χ1n) is 5.45. The predicted octanol–water partition coefficient (Wildman–Crippen LogP) is 1.83. The lowest BCUT2D eigenvalue weighted by atomic mass is 9.93. The van der Waals surface area contributed by atoms with Crippen molar-refractivity contribution in [3.8, 4) is 0 Å². The van der Waals surface area contributed by atoms with Crippen LogP contribution in [-0.2, 0) is 13.1 Å². The molecular formula is C11H19N3S. The molecule has 4 heteroatoms. The van der Waals surface area contributed by atoms with Crippen LogP contribution >= 0.6 is 11.3 Å². The fraction of sp³-hybridized carbons (Fsp3) is 0.727. The topological polar surface area (TPSA) is 42.1 Å². The SMILES string of the molecule is CC1(C)CCN(Cc2csc(CN)n2)C1. The number of nitrogens with zero attached hydrogens (tertiary/aromatic N) is 2. The fourth-order valence-corrected chi connectivity index (χ4v) is 2.77. The van der Waals surface area contributed by atoms with E-state index in [0.29, 0.717) is 12.0 Å². The van der Waals surface area contributed by atoms with Crippen molar-refractivity contribution in [2.45, 2.75) is 33.4 Å². The van der Waals surface area contributed by atoms with Crippen LogP contribution in [0.1, 0.15) is 31.0 Å². The van der Waals surface area contributed by atoms with Crippen LogP contribution in [0.4, 0.5) is 0 Å². The maximum Gasteiger partial charge on any atom is 0.106 e. The number of nitrogens with two attached hydrogens (primary N) is 1. The monoisotopic (exact) mass is 225 g/mol. The van der Waals surface area contributed by atoms with E-state index in [9.17, 15) is 0 Å². The highest BCUT2D eigenvalue weighted by Gasteiger charge is 2.29. The lowest BCUT2D eigenvalue weighted by molar-refractivity contribution is 0.282. The molecule has 1 saturated heterocycles. The van der Waals surface area contributed by atoms with Crippen molar-refractivity contribution >= 4 is 11.3 Å². The molecule has 0 aliphatic carbocycles. The number of thiazole rings is 1. The van der Waals surface area contributed by atoms with E-state index in [0.717, 1.165) is 11.6 Å². The Bertz CT molecular complexity index is 332. The van der Waals surface area contributed by atoms with E-state index in [2.05, 4.69) is 29.1 Å². The van der Waals surface area contributed by atoms with E-state index in [-0.39, 0.29) is 0 Å². The molecule has 1 aromatic heterocycles. The van der Waals surface area contributed by atoms with Gasteiger partial charge in [0, 0.05) is 25.0 Å². The summed E-state index contributed by atoms with van der Waals surface area (Å²) in [4.78, 5) is 6.97. The predicted molar refractivity (Wildman–Crippen MR) is 63.7 cm³/mol. The van der Waals surface area contributed by atoms with Crippen LogP contribution in [0.25, 0.3) is 0 Å². The number of likely N-dealkylation sites (tertiary alicyclic amines) is 1. The molecule has 0 radical (unpaired) electrons. The highest BCUT2D eigenvalue weighted by atomic mass is 32.1. The molecule has 2 heterocycles. The molecule has 0 bridgehead atoms. The van der Waals surface area contributed by atoms with Crippen LogP contribution in [0.15, 0.2) is 5.38 Å². The summed E-state index contributed by atoms with van der Waals surface area (Å²) >= 11 is 1.67. The number of aromatic nitrogens is 1. The average Bonchev–Trinajstić information content (AvgIpc) is 2.73. The van der Waals surface area contributed by atoms with Crippen molar-refractivity contribution in [1.82, 2.24) is 9.88 Å². The van der Waals surface area contributed by atoms with Crippen molar-refractivity contribution in [2.24, 2.45) is 11.1 Å². The Morgan fingerprint density at radius 1 is 1.60 bits per heavy atom. The summed E-state index contributed by atoms with van der Waals surface area (Å²) in [6.45, 7) is 8.60. The van der Waals surface area contributed by atoms with Gasteiger partial charge in [0.1, 0.15) is 5.01 Å². The lowest BCUT2D eigenvalue weighted by Crippen LogP contribution is -2.23. The van der Waals surface area contributed by atoms with Gasteiger partial charge in [0.15, 0.2) is 0 Å². The third kappa shape index (κ3) is 2.77. The minimum atomic E-state index is 0.479. The van der Waals surface area contributed by atoms with Crippen molar-refractivity contribution in [3.05, 3.63) is 16.1 Å². The van der Waals surface area contributed by atoms with Gasteiger partial charge in [-0.1, -0.05) is 13.8 Å². The summed E-state index contributed by atoms with van der Waals surface area (Å²) in [5.41, 5.74) is 7.21. The van der Waals surface area contributed by atoms with E-state index in [1.54, 1.807) is 11.3 Å². The third-order valence-electron chi connectivity index (χ3n) is 2.92. The van der Waals surface area contributed by atoms with Crippen LogP contribution in [0.2, 0.25) is 0 Å². The standard InChI is InChI=1S/C11H19N3S/c1-11(2)3-4-14(8-11)6-9-7-15-10(5-12)13-9/h7H,3-6,8,12H2,1-2H3. The van der Waals surface area contributed by atoms with Crippen LogP contribution in [0.5, 0.6) is 0 Å². The molecule has 2 N–H and O–H groups in total. The molecule has 84 valence electrons. The Hall–Kier alpha value is -0.450. The largest absolute Gasteiger partial charge is 0.325 e. The molecule has 1 fully saturated rings. The average molecular weight is 225 g/mol. The second-order valence-corrected chi connectivity index (χ2v) is 6.00. The van der Waals surface area contributed by atoms with Gasteiger partial charge in [0.2, 0.25) is 0 Å². The first-order chi connectivity index (χ1) is 7.09. The van der Waals surface area contributed by atoms with E-state index in [1.807, 2.05) is 0 Å². The zero-order valence-corrected chi connectivity index (χ0v) is 10.3. The molecule has 0 aromatic carbocycles. The molecule has 0 atom stereocenters. The minimum absolute atomic E-state index is 0.479. The summed E-state index contributed by atoms with van der Waals surface area (Å²) in [7, 11) is 0. The molecule has 1 aromatic rings. The molecule has 2 rings (SSSR count). The number of hydrogen-bond donors (Lipinski definition) is 1. The van der Waals surface area contributed by atoms with Crippen LogP contribution in [0, 0.1) is 5.41 Å².